The molecule has 118 valence electrons. The molecule has 1 aromatic heterocycles. The molecule has 2 rings (SSSR count). The number of carbonyl (C=O) groups excluding carboxylic acids is 1. The van der Waals surface area contributed by atoms with Gasteiger partial charge in [-0.1, -0.05) is 12.1 Å². The summed E-state index contributed by atoms with van der Waals surface area (Å²) in [5.74, 6) is 0.843. The van der Waals surface area contributed by atoms with Gasteiger partial charge in [-0.2, -0.15) is 5.10 Å². The van der Waals surface area contributed by atoms with Gasteiger partial charge in [-0.15, -0.1) is 0 Å². The van der Waals surface area contributed by atoms with Crippen molar-refractivity contribution in [1.82, 2.24) is 15.1 Å². The summed E-state index contributed by atoms with van der Waals surface area (Å²) in [7, 11) is 0. The minimum Gasteiger partial charge on any atom is -0.494 e. The standard InChI is InChI=1S/C17H23N3O2/c1-4-22-16-7-5-6-15(10-16)14(3)19-17(21)8-9-20-12-13(2)11-18-20/h5-7,10-12,14H,4,8-9H2,1-3H3,(H,19,21). The van der Waals surface area contributed by atoms with Gasteiger partial charge in [0.1, 0.15) is 5.75 Å². The molecule has 2 aromatic rings. The van der Waals surface area contributed by atoms with E-state index in [1.54, 1.807) is 10.9 Å². The molecular formula is C17H23N3O2. The lowest BCUT2D eigenvalue weighted by molar-refractivity contribution is -0.122. The Bertz CT molecular complexity index is 622. The summed E-state index contributed by atoms with van der Waals surface area (Å²) in [6.45, 7) is 7.13. The lowest BCUT2D eigenvalue weighted by atomic mass is 10.1. The highest BCUT2D eigenvalue weighted by Gasteiger charge is 2.10. The number of aromatic nitrogens is 2. The number of benzene rings is 1. The second-order valence-electron chi connectivity index (χ2n) is 5.33. The van der Waals surface area contributed by atoms with E-state index in [1.807, 2.05) is 51.2 Å². The molecule has 0 spiro atoms. The lowest BCUT2D eigenvalue weighted by Gasteiger charge is -2.15. The molecule has 5 heteroatoms. The highest BCUT2D eigenvalue weighted by molar-refractivity contribution is 5.76. The number of nitrogens with zero attached hydrogens (tertiary/aromatic N) is 2. The molecule has 1 unspecified atom stereocenters. The van der Waals surface area contributed by atoms with Crippen LogP contribution in [-0.2, 0) is 11.3 Å². The molecule has 1 aromatic carbocycles. The molecule has 0 aliphatic carbocycles. The maximum atomic E-state index is 12.0. The van der Waals surface area contributed by atoms with Gasteiger partial charge in [-0.25, -0.2) is 0 Å². The van der Waals surface area contributed by atoms with E-state index in [0.29, 0.717) is 19.6 Å². The minimum atomic E-state index is -0.0488. The van der Waals surface area contributed by atoms with Crippen LogP contribution in [0.25, 0.3) is 0 Å². The van der Waals surface area contributed by atoms with Crippen LogP contribution >= 0.6 is 0 Å². The van der Waals surface area contributed by atoms with Gasteiger partial charge in [-0.05, 0) is 44.0 Å². The third-order valence-electron chi connectivity index (χ3n) is 3.38. The quantitative estimate of drug-likeness (QED) is 0.855. The van der Waals surface area contributed by atoms with Crippen LogP contribution in [-0.4, -0.2) is 22.3 Å². The van der Waals surface area contributed by atoms with Gasteiger partial charge >= 0.3 is 0 Å². The summed E-state index contributed by atoms with van der Waals surface area (Å²) in [5.41, 5.74) is 2.13. The number of ether oxygens (including phenoxy) is 1. The molecule has 0 aliphatic rings. The van der Waals surface area contributed by atoms with Crippen LogP contribution in [0, 0.1) is 6.92 Å². The molecule has 0 radical (unpaired) electrons. The first-order valence-electron chi connectivity index (χ1n) is 7.59. The number of hydrogen-bond donors (Lipinski definition) is 1. The van der Waals surface area contributed by atoms with Crippen molar-refractivity contribution in [2.45, 2.75) is 39.8 Å². The van der Waals surface area contributed by atoms with Crippen molar-refractivity contribution < 1.29 is 9.53 Å². The van der Waals surface area contributed by atoms with Gasteiger partial charge < -0.3 is 10.1 Å². The summed E-state index contributed by atoms with van der Waals surface area (Å²) in [6, 6.07) is 7.76. The fourth-order valence-electron chi connectivity index (χ4n) is 2.24. The monoisotopic (exact) mass is 301 g/mol. The third-order valence-corrected chi connectivity index (χ3v) is 3.38. The van der Waals surface area contributed by atoms with Crippen LogP contribution in [0.4, 0.5) is 0 Å². The van der Waals surface area contributed by atoms with Crippen LogP contribution in [0.5, 0.6) is 5.75 Å². The molecule has 5 nitrogen and oxygen atoms in total. The molecule has 1 N–H and O–H groups in total. The highest BCUT2D eigenvalue weighted by atomic mass is 16.5. The number of aryl methyl sites for hydroxylation is 2. The van der Waals surface area contributed by atoms with E-state index in [-0.39, 0.29) is 11.9 Å². The number of rotatable bonds is 7. The fourth-order valence-corrected chi connectivity index (χ4v) is 2.24. The molecule has 0 saturated heterocycles. The topological polar surface area (TPSA) is 56.1 Å². The first-order valence-corrected chi connectivity index (χ1v) is 7.59. The van der Waals surface area contributed by atoms with E-state index < -0.39 is 0 Å². The molecule has 1 amide bonds. The van der Waals surface area contributed by atoms with Crippen LogP contribution in [0.15, 0.2) is 36.7 Å². The van der Waals surface area contributed by atoms with Gasteiger partial charge in [0, 0.05) is 19.2 Å². The van der Waals surface area contributed by atoms with E-state index in [1.165, 1.54) is 0 Å². The van der Waals surface area contributed by atoms with Gasteiger partial charge in [0.05, 0.1) is 18.8 Å². The number of amides is 1. The van der Waals surface area contributed by atoms with Crippen molar-refractivity contribution in [3.8, 4) is 5.75 Å². The third kappa shape index (κ3) is 4.62. The van der Waals surface area contributed by atoms with Crippen molar-refractivity contribution in [2.24, 2.45) is 0 Å². The predicted octanol–water partition coefficient (Wildman–Crippen LogP) is 2.86. The molecule has 0 fully saturated rings. The Hall–Kier alpha value is -2.30. The van der Waals surface area contributed by atoms with Crippen LogP contribution in [0.1, 0.15) is 37.4 Å². The van der Waals surface area contributed by atoms with Crippen molar-refractivity contribution >= 4 is 5.91 Å². The molecule has 0 bridgehead atoms. The summed E-state index contributed by atoms with van der Waals surface area (Å²) in [6.07, 6.45) is 4.14. The minimum absolute atomic E-state index is 0.0162. The SMILES string of the molecule is CCOc1cccc(C(C)NC(=O)CCn2cc(C)cn2)c1. The van der Waals surface area contributed by atoms with Crippen LogP contribution in [0.2, 0.25) is 0 Å². The molecular weight excluding hydrogens is 278 g/mol. The van der Waals surface area contributed by atoms with E-state index in [2.05, 4.69) is 10.4 Å². The number of nitrogens with one attached hydrogen (secondary N) is 1. The smallest absolute Gasteiger partial charge is 0.222 e. The molecule has 0 saturated carbocycles. The first kappa shape index (κ1) is 16.1. The molecule has 0 aliphatic heterocycles. The first-order chi connectivity index (χ1) is 10.6. The maximum Gasteiger partial charge on any atom is 0.222 e. The summed E-state index contributed by atoms with van der Waals surface area (Å²) in [5, 5.41) is 7.18. The van der Waals surface area contributed by atoms with Gasteiger partial charge in [0.15, 0.2) is 0 Å². The predicted molar refractivity (Wildman–Crippen MR) is 85.7 cm³/mol. The van der Waals surface area contributed by atoms with E-state index in [9.17, 15) is 4.79 Å². The van der Waals surface area contributed by atoms with Crippen LogP contribution < -0.4 is 10.1 Å². The van der Waals surface area contributed by atoms with Crippen molar-refractivity contribution in [1.29, 1.82) is 0 Å². The second-order valence-corrected chi connectivity index (χ2v) is 5.33. The van der Waals surface area contributed by atoms with Gasteiger partial charge in [-0.3, -0.25) is 9.48 Å². The Morgan fingerprint density at radius 3 is 2.95 bits per heavy atom. The van der Waals surface area contributed by atoms with E-state index in [0.717, 1.165) is 16.9 Å². The van der Waals surface area contributed by atoms with Crippen molar-refractivity contribution in [2.75, 3.05) is 6.61 Å². The average molecular weight is 301 g/mol. The Labute approximate surface area is 131 Å². The zero-order valence-electron chi connectivity index (χ0n) is 13.4. The molecule has 22 heavy (non-hydrogen) atoms. The normalized spacial score (nSPS) is 12.0. The largest absolute Gasteiger partial charge is 0.494 e. The maximum absolute atomic E-state index is 12.0. The summed E-state index contributed by atoms with van der Waals surface area (Å²) >= 11 is 0. The Kier molecular flexibility index (Phi) is 5.58. The van der Waals surface area contributed by atoms with Crippen molar-refractivity contribution in [3.63, 3.8) is 0 Å². The van der Waals surface area contributed by atoms with Crippen molar-refractivity contribution in [3.05, 3.63) is 47.8 Å². The molecule has 1 heterocycles. The lowest BCUT2D eigenvalue weighted by Crippen LogP contribution is -2.27. The van der Waals surface area contributed by atoms with E-state index >= 15 is 0 Å². The second kappa shape index (κ2) is 7.64. The zero-order chi connectivity index (χ0) is 15.9. The zero-order valence-corrected chi connectivity index (χ0v) is 13.4. The number of carbonyl (C=O) groups is 1. The van der Waals surface area contributed by atoms with Crippen LogP contribution in [0.3, 0.4) is 0 Å². The Balaban J connectivity index is 1.86. The fraction of sp³-hybridized carbons (Fsp3) is 0.412. The Morgan fingerprint density at radius 1 is 1.45 bits per heavy atom. The molecule has 1 atom stereocenters. The average Bonchev–Trinajstić information content (AvgIpc) is 2.91. The summed E-state index contributed by atoms with van der Waals surface area (Å²) in [4.78, 5) is 12.0. The van der Waals surface area contributed by atoms with Gasteiger partial charge in [0.2, 0.25) is 5.91 Å². The highest BCUT2D eigenvalue weighted by Crippen LogP contribution is 2.19. The summed E-state index contributed by atoms with van der Waals surface area (Å²) < 4.78 is 7.27. The van der Waals surface area contributed by atoms with Gasteiger partial charge in [0.25, 0.3) is 0 Å². The van der Waals surface area contributed by atoms with E-state index in [4.69, 9.17) is 4.74 Å². The Morgan fingerprint density at radius 2 is 2.27 bits per heavy atom. The number of hydrogen-bond acceptors (Lipinski definition) is 3.